The zero-order valence-electron chi connectivity index (χ0n) is 23.7. The standard InChI is InChI=1S/C33H37ClN2O4/c1-21(2)33(5,31(40)36-18-17-28(32(3,4)20-36)23-13-15-27(34)16-14-23)35-29(37)26-8-6-7-25(19-26)22-9-11-24(12-10-22)30(38)39/h6-16,19,21,28H,17-18,20H2,1-5H3,(H,35,37)(H,38,39). The number of rotatable bonds is 7. The molecule has 0 saturated carbocycles. The minimum absolute atomic E-state index is 0.0844. The summed E-state index contributed by atoms with van der Waals surface area (Å²) in [6, 6.07) is 21.6. The van der Waals surface area contributed by atoms with E-state index >= 15 is 0 Å². The van der Waals surface area contributed by atoms with Crippen LogP contribution in [0.3, 0.4) is 0 Å². The molecule has 0 aromatic heterocycles. The minimum atomic E-state index is -1.10. The number of benzene rings is 3. The van der Waals surface area contributed by atoms with Gasteiger partial charge in [0.2, 0.25) is 5.91 Å². The van der Waals surface area contributed by atoms with Crippen molar-refractivity contribution in [2.75, 3.05) is 13.1 Å². The Bertz CT molecular complexity index is 1400. The molecule has 1 saturated heterocycles. The lowest BCUT2D eigenvalue weighted by molar-refractivity contribution is -0.142. The molecule has 0 bridgehead atoms. The Morgan fingerprint density at radius 2 is 1.62 bits per heavy atom. The van der Waals surface area contributed by atoms with Crippen molar-refractivity contribution in [3.8, 4) is 11.1 Å². The highest BCUT2D eigenvalue weighted by atomic mass is 35.5. The van der Waals surface area contributed by atoms with Crippen LogP contribution in [0.4, 0.5) is 0 Å². The van der Waals surface area contributed by atoms with Crippen LogP contribution >= 0.6 is 11.6 Å². The number of hydrogen-bond donors (Lipinski definition) is 2. The molecule has 0 radical (unpaired) electrons. The van der Waals surface area contributed by atoms with Crippen molar-refractivity contribution in [1.29, 1.82) is 0 Å². The first-order valence-electron chi connectivity index (χ1n) is 13.6. The third-order valence-corrected chi connectivity index (χ3v) is 8.60. The predicted molar refractivity (Wildman–Crippen MR) is 159 cm³/mol. The van der Waals surface area contributed by atoms with E-state index in [4.69, 9.17) is 16.7 Å². The number of nitrogens with zero attached hydrogens (tertiary/aromatic N) is 1. The van der Waals surface area contributed by atoms with Gasteiger partial charge in [0.15, 0.2) is 0 Å². The second-order valence-corrected chi connectivity index (χ2v) is 12.3. The molecule has 40 heavy (non-hydrogen) atoms. The molecule has 1 heterocycles. The molecule has 2 atom stereocenters. The molecule has 0 spiro atoms. The Labute approximate surface area is 241 Å². The summed E-state index contributed by atoms with van der Waals surface area (Å²) >= 11 is 6.10. The van der Waals surface area contributed by atoms with Crippen LogP contribution in [-0.4, -0.2) is 46.4 Å². The molecule has 2 N–H and O–H groups in total. The lowest BCUT2D eigenvalue weighted by Crippen LogP contribution is -2.63. The van der Waals surface area contributed by atoms with E-state index < -0.39 is 11.5 Å². The quantitative estimate of drug-likeness (QED) is 0.329. The van der Waals surface area contributed by atoms with Crippen LogP contribution in [0.2, 0.25) is 5.02 Å². The number of carboxylic acid groups (broad SMARTS) is 1. The van der Waals surface area contributed by atoms with Gasteiger partial charge in [0.1, 0.15) is 5.54 Å². The summed E-state index contributed by atoms with van der Waals surface area (Å²) in [5.74, 6) is -1.26. The maximum absolute atomic E-state index is 14.0. The zero-order chi connectivity index (χ0) is 29.2. The number of carboxylic acids is 1. The van der Waals surface area contributed by atoms with E-state index in [0.29, 0.717) is 29.6 Å². The Morgan fingerprint density at radius 1 is 0.975 bits per heavy atom. The molecule has 2 unspecified atom stereocenters. The molecule has 3 aromatic rings. The average Bonchev–Trinajstić information content (AvgIpc) is 2.92. The van der Waals surface area contributed by atoms with Crippen LogP contribution in [0.25, 0.3) is 11.1 Å². The Hall–Kier alpha value is -3.64. The molecule has 7 heteroatoms. The third-order valence-electron chi connectivity index (χ3n) is 8.35. The second kappa shape index (κ2) is 11.5. The SMILES string of the molecule is CC(C)C(C)(NC(=O)c1cccc(-c2ccc(C(=O)O)cc2)c1)C(=O)N1CCC(c2ccc(Cl)cc2)C(C)(C)C1. The van der Waals surface area contributed by atoms with E-state index in [2.05, 4.69) is 31.3 Å². The number of piperidine rings is 1. The maximum atomic E-state index is 14.0. The first kappa shape index (κ1) is 29.3. The summed E-state index contributed by atoms with van der Waals surface area (Å²) in [6.07, 6.45) is 0.825. The maximum Gasteiger partial charge on any atom is 0.335 e. The summed E-state index contributed by atoms with van der Waals surface area (Å²) < 4.78 is 0. The fourth-order valence-corrected chi connectivity index (χ4v) is 5.70. The van der Waals surface area contributed by atoms with E-state index in [0.717, 1.165) is 17.5 Å². The van der Waals surface area contributed by atoms with Gasteiger partial charge in [-0.3, -0.25) is 9.59 Å². The van der Waals surface area contributed by atoms with Crippen molar-refractivity contribution in [1.82, 2.24) is 10.2 Å². The molecular weight excluding hydrogens is 524 g/mol. The van der Waals surface area contributed by atoms with E-state index in [-0.39, 0.29) is 28.7 Å². The van der Waals surface area contributed by atoms with E-state index in [9.17, 15) is 14.4 Å². The summed E-state index contributed by atoms with van der Waals surface area (Å²) in [6.45, 7) is 11.3. The molecular formula is C33H37ClN2O4. The van der Waals surface area contributed by atoms with Gasteiger partial charge in [0, 0.05) is 23.7 Å². The number of halogens is 1. The first-order chi connectivity index (χ1) is 18.8. The molecule has 0 aliphatic carbocycles. The van der Waals surface area contributed by atoms with Gasteiger partial charge in [-0.25, -0.2) is 4.79 Å². The highest BCUT2D eigenvalue weighted by Crippen LogP contribution is 2.43. The number of carbonyl (C=O) groups excluding carboxylic acids is 2. The highest BCUT2D eigenvalue weighted by Gasteiger charge is 2.45. The number of nitrogens with one attached hydrogen (secondary N) is 1. The van der Waals surface area contributed by atoms with Gasteiger partial charge < -0.3 is 15.3 Å². The Kier molecular flexibility index (Phi) is 8.41. The van der Waals surface area contributed by atoms with Crippen LogP contribution in [0.1, 0.15) is 73.2 Å². The number of amides is 2. The van der Waals surface area contributed by atoms with E-state index in [1.165, 1.54) is 17.7 Å². The van der Waals surface area contributed by atoms with Crippen molar-refractivity contribution < 1.29 is 19.5 Å². The normalized spacial score (nSPS) is 18.2. The predicted octanol–water partition coefficient (Wildman–Crippen LogP) is 6.89. The van der Waals surface area contributed by atoms with E-state index in [1.807, 2.05) is 43.9 Å². The number of hydrogen-bond acceptors (Lipinski definition) is 3. The fourth-order valence-electron chi connectivity index (χ4n) is 5.57. The first-order valence-corrected chi connectivity index (χ1v) is 14.0. The summed E-state index contributed by atoms with van der Waals surface area (Å²) in [7, 11) is 0. The Morgan fingerprint density at radius 3 is 2.20 bits per heavy atom. The van der Waals surface area contributed by atoms with Gasteiger partial charge in [0.05, 0.1) is 5.56 Å². The molecule has 3 aromatic carbocycles. The van der Waals surface area contributed by atoms with Gasteiger partial charge in [-0.05, 0) is 83.7 Å². The fraction of sp³-hybridized carbons (Fsp3) is 0.364. The topological polar surface area (TPSA) is 86.7 Å². The number of likely N-dealkylation sites (tertiary alicyclic amines) is 1. The van der Waals surface area contributed by atoms with E-state index in [1.54, 1.807) is 30.3 Å². The van der Waals surface area contributed by atoms with Gasteiger partial charge in [-0.1, -0.05) is 75.7 Å². The monoisotopic (exact) mass is 560 g/mol. The van der Waals surface area contributed by atoms with Crippen molar-refractivity contribution in [3.63, 3.8) is 0 Å². The third kappa shape index (κ3) is 6.07. The van der Waals surface area contributed by atoms with Crippen molar-refractivity contribution in [3.05, 3.63) is 94.5 Å². The highest BCUT2D eigenvalue weighted by molar-refractivity contribution is 6.30. The molecule has 1 fully saturated rings. The molecule has 210 valence electrons. The summed E-state index contributed by atoms with van der Waals surface area (Å²) in [5.41, 5.74) is 2.18. The lowest BCUT2D eigenvalue weighted by atomic mass is 9.70. The van der Waals surface area contributed by atoms with Crippen LogP contribution in [0.5, 0.6) is 0 Å². The van der Waals surface area contributed by atoms with Gasteiger partial charge >= 0.3 is 5.97 Å². The van der Waals surface area contributed by atoms with Crippen LogP contribution in [0, 0.1) is 11.3 Å². The smallest absolute Gasteiger partial charge is 0.335 e. The second-order valence-electron chi connectivity index (χ2n) is 11.9. The Balaban J connectivity index is 1.52. The molecule has 4 rings (SSSR count). The molecule has 1 aliphatic rings. The van der Waals surface area contributed by atoms with Crippen molar-refractivity contribution in [2.45, 2.75) is 52.5 Å². The molecule has 6 nitrogen and oxygen atoms in total. The number of aromatic carboxylic acids is 1. The minimum Gasteiger partial charge on any atom is -0.478 e. The number of carbonyl (C=O) groups is 3. The lowest BCUT2D eigenvalue weighted by Gasteiger charge is -2.47. The van der Waals surface area contributed by atoms with Gasteiger partial charge in [-0.15, -0.1) is 0 Å². The average molecular weight is 561 g/mol. The van der Waals surface area contributed by atoms with Crippen LogP contribution in [0.15, 0.2) is 72.8 Å². The van der Waals surface area contributed by atoms with Crippen molar-refractivity contribution >= 4 is 29.4 Å². The summed E-state index contributed by atoms with van der Waals surface area (Å²) in [4.78, 5) is 40.6. The largest absolute Gasteiger partial charge is 0.478 e. The van der Waals surface area contributed by atoms with Crippen molar-refractivity contribution in [2.24, 2.45) is 11.3 Å². The van der Waals surface area contributed by atoms with Gasteiger partial charge in [0.25, 0.3) is 5.91 Å². The zero-order valence-corrected chi connectivity index (χ0v) is 24.5. The van der Waals surface area contributed by atoms with Gasteiger partial charge in [-0.2, -0.15) is 0 Å². The van der Waals surface area contributed by atoms with Crippen LogP contribution in [-0.2, 0) is 4.79 Å². The molecule has 1 aliphatic heterocycles. The summed E-state index contributed by atoms with van der Waals surface area (Å²) in [5, 5.41) is 12.9. The molecule has 2 amide bonds. The van der Waals surface area contributed by atoms with Crippen LogP contribution < -0.4 is 5.32 Å².